The molecule has 0 spiro atoms. The van der Waals surface area contributed by atoms with E-state index in [1.807, 2.05) is 25.1 Å². The van der Waals surface area contributed by atoms with Crippen LogP contribution < -0.4 is 11.1 Å². The number of rotatable bonds is 5. The number of primary amides is 1. The predicted octanol–water partition coefficient (Wildman–Crippen LogP) is 2.90. The summed E-state index contributed by atoms with van der Waals surface area (Å²) >= 11 is 0. The monoisotopic (exact) mass is 312 g/mol. The molecule has 0 heterocycles. The zero-order chi connectivity index (χ0) is 16.8. The van der Waals surface area contributed by atoms with Gasteiger partial charge in [-0.2, -0.15) is 0 Å². The molecule has 0 saturated carbocycles. The second kappa shape index (κ2) is 7.35. The van der Waals surface area contributed by atoms with Gasteiger partial charge in [0.15, 0.2) is 0 Å². The minimum atomic E-state index is -0.687. The number of anilines is 1. The summed E-state index contributed by atoms with van der Waals surface area (Å²) in [6.45, 7) is 1.99. The van der Waals surface area contributed by atoms with Crippen molar-refractivity contribution in [3.63, 3.8) is 0 Å². The molecule has 2 aromatic rings. The van der Waals surface area contributed by atoms with Crippen LogP contribution >= 0.6 is 0 Å². The van der Waals surface area contributed by atoms with Gasteiger partial charge in [-0.3, -0.25) is 9.59 Å². The highest BCUT2D eigenvalue weighted by molar-refractivity contribution is 6.24. The summed E-state index contributed by atoms with van der Waals surface area (Å²) in [5, 5.41) is 2.56. The molecular formula is C18H17FN2O2. The van der Waals surface area contributed by atoms with Gasteiger partial charge in [-0.1, -0.05) is 31.2 Å². The second-order valence-electron chi connectivity index (χ2n) is 4.97. The summed E-state index contributed by atoms with van der Waals surface area (Å²) < 4.78 is 12.8. The number of carbonyl (C=O) groups excluding carboxylic acids is 2. The Balaban J connectivity index is 2.25. The number of aryl methyl sites for hydroxylation is 1. The van der Waals surface area contributed by atoms with Crippen LogP contribution in [0.5, 0.6) is 0 Å². The van der Waals surface area contributed by atoms with Crippen LogP contribution in [0, 0.1) is 5.82 Å². The molecule has 4 nitrogen and oxygen atoms in total. The van der Waals surface area contributed by atoms with Crippen molar-refractivity contribution in [1.29, 1.82) is 0 Å². The zero-order valence-corrected chi connectivity index (χ0v) is 12.7. The molecule has 0 aromatic heterocycles. The van der Waals surface area contributed by atoms with E-state index in [0.29, 0.717) is 11.3 Å². The molecule has 0 fully saturated rings. The number of carbonyl (C=O) groups is 2. The van der Waals surface area contributed by atoms with E-state index in [0.717, 1.165) is 18.1 Å². The van der Waals surface area contributed by atoms with Crippen molar-refractivity contribution < 1.29 is 14.0 Å². The van der Waals surface area contributed by atoms with E-state index in [4.69, 9.17) is 5.73 Å². The molecule has 5 heteroatoms. The minimum absolute atomic E-state index is 0.125. The number of nitrogens with two attached hydrogens (primary N) is 1. The first kappa shape index (κ1) is 16.4. The van der Waals surface area contributed by atoms with Crippen molar-refractivity contribution in [2.45, 2.75) is 13.3 Å². The van der Waals surface area contributed by atoms with Crippen molar-refractivity contribution in [3.8, 4) is 0 Å². The Hall–Kier alpha value is -2.95. The van der Waals surface area contributed by atoms with E-state index in [2.05, 4.69) is 5.32 Å². The molecule has 0 aliphatic heterocycles. The van der Waals surface area contributed by atoms with Gasteiger partial charge in [-0.25, -0.2) is 4.39 Å². The Labute approximate surface area is 133 Å². The maximum atomic E-state index is 12.8. The SMILES string of the molecule is CCc1cccc(/C(=C/C(=O)Nc2ccc(F)cc2)C(N)=O)c1. The molecule has 2 amide bonds. The summed E-state index contributed by atoms with van der Waals surface area (Å²) in [7, 11) is 0. The topological polar surface area (TPSA) is 72.2 Å². The second-order valence-corrected chi connectivity index (χ2v) is 4.97. The molecule has 118 valence electrons. The highest BCUT2D eigenvalue weighted by atomic mass is 19.1. The Morgan fingerprint density at radius 1 is 1.17 bits per heavy atom. The third-order valence-corrected chi connectivity index (χ3v) is 3.30. The van der Waals surface area contributed by atoms with Gasteiger partial charge < -0.3 is 11.1 Å². The molecule has 2 rings (SSSR count). The lowest BCUT2D eigenvalue weighted by molar-refractivity contribution is -0.114. The molecule has 0 unspecified atom stereocenters. The Morgan fingerprint density at radius 2 is 1.87 bits per heavy atom. The average Bonchev–Trinajstić information content (AvgIpc) is 2.54. The van der Waals surface area contributed by atoms with Crippen molar-refractivity contribution in [3.05, 3.63) is 71.6 Å². The summed E-state index contributed by atoms with van der Waals surface area (Å²) in [5.41, 5.74) is 7.56. The first-order valence-electron chi connectivity index (χ1n) is 7.17. The third-order valence-electron chi connectivity index (χ3n) is 3.30. The first-order valence-corrected chi connectivity index (χ1v) is 7.17. The standard InChI is InChI=1S/C18H17FN2O2/c1-2-12-4-3-5-13(10-12)16(18(20)23)11-17(22)21-15-8-6-14(19)7-9-15/h3-11H,2H2,1H3,(H2,20,23)(H,21,22)/b16-11-. The number of amides is 2. The van der Waals surface area contributed by atoms with Crippen LogP contribution in [0.15, 0.2) is 54.6 Å². The van der Waals surface area contributed by atoms with E-state index < -0.39 is 17.6 Å². The Bertz CT molecular complexity index is 752. The maximum Gasteiger partial charge on any atom is 0.249 e. The number of benzene rings is 2. The van der Waals surface area contributed by atoms with Gasteiger partial charge in [0.25, 0.3) is 0 Å². The van der Waals surface area contributed by atoms with Crippen molar-refractivity contribution >= 4 is 23.1 Å². The van der Waals surface area contributed by atoms with Crippen molar-refractivity contribution in [1.82, 2.24) is 0 Å². The van der Waals surface area contributed by atoms with Gasteiger partial charge in [-0.15, -0.1) is 0 Å². The van der Waals surface area contributed by atoms with Crippen LogP contribution in [0.1, 0.15) is 18.1 Å². The van der Waals surface area contributed by atoms with Gasteiger partial charge in [0, 0.05) is 11.8 Å². The summed E-state index contributed by atoms with van der Waals surface area (Å²) in [6, 6.07) is 12.6. The van der Waals surface area contributed by atoms with Gasteiger partial charge in [0.05, 0.1) is 5.57 Å². The van der Waals surface area contributed by atoms with E-state index in [9.17, 15) is 14.0 Å². The number of hydrogen-bond acceptors (Lipinski definition) is 2. The van der Waals surface area contributed by atoms with Gasteiger partial charge in [0.2, 0.25) is 11.8 Å². The highest BCUT2D eigenvalue weighted by Gasteiger charge is 2.11. The van der Waals surface area contributed by atoms with E-state index in [1.165, 1.54) is 24.3 Å². The van der Waals surface area contributed by atoms with E-state index >= 15 is 0 Å². The van der Waals surface area contributed by atoms with Crippen LogP contribution in [0.25, 0.3) is 5.57 Å². The molecule has 23 heavy (non-hydrogen) atoms. The Morgan fingerprint density at radius 3 is 2.48 bits per heavy atom. The van der Waals surface area contributed by atoms with Gasteiger partial charge in [-0.05, 0) is 41.8 Å². The molecule has 0 saturated heterocycles. The van der Waals surface area contributed by atoms with Crippen LogP contribution in [0.3, 0.4) is 0 Å². The quantitative estimate of drug-likeness (QED) is 0.833. The molecule has 0 aliphatic rings. The van der Waals surface area contributed by atoms with E-state index in [-0.39, 0.29) is 5.57 Å². The zero-order valence-electron chi connectivity index (χ0n) is 12.7. The highest BCUT2D eigenvalue weighted by Crippen LogP contribution is 2.17. The molecule has 2 aromatic carbocycles. The van der Waals surface area contributed by atoms with Crippen LogP contribution in [-0.2, 0) is 16.0 Å². The lowest BCUT2D eigenvalue weighted by Crippen LogP contribution is -2.17. The average molecular weight is 312 g/mol. The molecular weight excluding hydrogens is 295 g/mol. The number of halogens is 1. The normalized spacial score (nSPS) is 11.1. The molecule has 0 bridgehead atoms. The van der Waals surface area contributed by atoms with Crippen LogP contribution in [0.4, 0.5) is 10.1 Å². The summed E-state index contributed by atoms with van der Waals surface area (Å²) in [5.74, 6) is -1.59. The molecule has 0 radical (unpaired) electrons. The fraction of sp³-hybridized carbons (Fsp3) is 0.111. The smallest absolute Gasteiger partial charge is 0.249 e. The van der Waals surface area contributed by atoms with Crippen molar-refractivity contribution in [2.24, 2.45) is 5.73 Å². The maximum absolute atomic E-state index is 12.8. The minimum Gasteiger partial charge on any atom is -0.366 e. The lowest BCUT2D eigenvalue weighted by atomic mass is 10.0. The van der Waals surface area contributed by atoms with Crippen molar-refractivity contribution in [2.75, 3.05) is 5.32 Å². The number of hydrogen-bond donors (Lipinski definition) is 2. The summed E-state index contributed by atoms with van der Waals surface area (Å²) in [6.07, 6.45) is 1.96. The molecule has 3 N–H and O–H groups in total. The van der Waals surface area contributed by atoms with Gasteiger partial charge >= 0.3 is 0 Å². The Kier molecular flexibility index (Phi) is 5.25. The van der Waals surface area contributed by atoms with Gasteiger partial charge in [0.1, 0.15) is 5.82 Å². The molecule has 0 atom stereocenters. The molecule has 0 aliphatic carbocycles. The fourth-order valence-corrected chi connectivity index (χ4v) is 2.10. The predicted molar refractivity (Wildman–Crippen MR) is 88.0 cm³/mol. The largest absolute Gasteiger partial charge is 0.366 e. The number of nitrogens with one attached hydrogen (secondary N) is 1. The third kappa shape index (κ3) is 4.51. The van der Waals surface area contributed by atoms with Crippen LogP contribution in [0.2, 0.25) is 0 Å². The lowest BCUT2D eigenvalue weighted by Gasteiger charge is -2.07. The van der Waals surface area contributed by atoms with Crippen LogP contribution in [-0.4, -0.2) is 11.8 Å². The summed E-state index contributed by atoms with van der Waals surface area (Å²) in [4.78, 5) is 23.7. The fourth-order valence-electron chi connectivity index (χ4n) is 2.10. The first-order chi connectivity index (χ1) is 11.0. The van der Waals surface area contributed by atoms with E-state index in [1.54, 1.807) is 6.07 Å².